The van der Waals surface area contributed by atoms with E-state index in [0.29, 0.717) is 5.12 Å². The van der Waals surface area contributed by atoms with E-state index in [-0.39, 0.29) is 0 Å². The Bertz CT molecular complexity index is 238. The predicted octanol–water partition coefficient (Wildman–Crippen LogP) is -0.837. The second-order valence-corrected chi connectivity index (χ2v) is 2.85. The Labute approximate surface area is 87.8 Å². The number of carbonyl (C=O) groups is 1. The SMILES string of the molecule is C1CNCCN1.O=C(O)N1N=CC=CN1. The van der Waals surface area contributed by atoms with Crippen molar-refractivity contribution < 1.29 is 9.90 Å². The van der Waals surface area contributed by atoms with Gasteiger partial charge in [0, 0.05) is 32.4 Å². The number of hydrazone groups is 1. The summed E-state index contributed by atoms with van der Waals surface area (Å²) in [7, 11) is 0. The first-order chi connectivity index (χ1) is 7.30. The molecule has 2 aliphatic rings. The predicted molar refractivity (Wildman–Crippen MR) is 56.4 cm³/mol. The van der Waals surface area contributed by atoms with Crippen molar-refractivity contribution in [3.63, 3.8) is 0 Å². The molecule has 1 amide bonds. The number of hydrazine groups is 1. The van der Waals surface area contributed by atoms with Gasteiger partial charge in [-0.1, -0.05) is 0 Å². The molecule has 2 aliphatic heterocycles. The summed E-state index contributed by atoms with van der Waals surface area (Å²) in [5.74, 6) is 0. The first-order valence-corrected chi connectivity index (χ1v) is 4.70. The largest absolute Gasteiger partial charge is 0.462 e. The number of nitrogens with zero attached hydrogens (tertiary/aromatic N) is 2. The lowest BCUT2D eigenvalue weighted by Gasteiger charge is -2.13. The summed E-state index contributed by atoms with van der Waals surface area (Å²) in [5, 5.41) is 18.8. The Morgan fingerprint density at radius 2 is 1.87 bits per heavy atom. The number of carboxylic acid groups (broad SMARTS) is 1. The van der Waals surface area contributed by atoms with Crippen LogP contribution in [0.3, 0.4) is 0 Å². The highest BCUT2D eigenvalue weighted by Crippen LogP contribution is 1.87. The average Bonchev–Trinajstić information content (AvgIpc) is 2.33. The Hall–Kier alpha value is -1.60. The minimum absolute atomic E-state index is 0.708. The lowest BCUT2D eigenvalue weighted by atomic mass is 10.4. The number of hydrogen-bond donors (Lipinski definition) is 4. The van der Waals surface area contributed by atoms with Crippen molar-refractivity contribution >= 4 is 12.3 Å². The fourth-order valence-corrected chi connectivity index (χ4v) is 1.00. The van der Waals surface area contributed by atoms with E-state index in [1.807, 2.05) is 0 Å². The van der Waals surface area contributed by atoms with Crippen LogP contribution >= 0.6 is 0 Å². The van der Waals surface area contributed by atoms with Crippen molar-refractivity contribution in [2.24, 2.45) is 5.10 Å². The van der Waals surface area contributed by atoms with Crippen LogP contribution in [0.25, 0.3) is 0 Å². The van der Waals surface area contributed by atoms with Gasteiger partial charge in [-0.25, -0.2) is 4.79 Å². The van der Waals surface area contributed by atoms with Crippen molar-refractivity contribution in [3.8, 4) is 0 Å². The second-order valence-electron chi connectivity index (χ2n) is 2.85. The molecular weight excluding hydrogens is 198 g/mol. The van der Waals surface area contributed by atoms with Gasteiger partial charge in [0.15, 0.2) is 0 Å². The number of allylic oxidation sites excluding steroid dienone is 1. The van der Waals surface area contributed by atoms with Crippen molar-refractivity contribution in [1.29, 1.82) is 0 Å². The second kappa shape index (κ2) is 6.80. The van der Waals surface area contributed by atoms with E-state index in [1.165, 1.54) is 12.4 Å². The van der Waals surface area contributed by atoms with E-state index in [1.54, 1.807) is 6.08 Å². The zero-order valence-electron chi connectivity index (χ0n) is 8.31. The van der Waals surface area contributed by atoms with Gasteiger partial charge in [0.05, 0.1) is 6.21 Å². The van der Waals surface area contributed by atoms with Crippen LogP contribution in [0.15, 0.2) is 17.4 Å². The summed E-state index contributed by atoms with van der Waals surface area (Å²) < 4.78 is 0. The van der Waals surface area contributed by atoms with Crippen molar-refractivity contribution in [3.05, 3.63) is 12.3 Å². The Kier molecular flexibility index (Phi) is 5.20. The highest BCUT2D eigenvalue weighted by atomic mass is 16.4. The van der Waals surface area contributed by atoms with E-state index < -0.39 is 6.09 Å². The molecule has 0 aromatic heterocycles. The van der Waals surface area contributed by atoms with Gasteiger partial charge in [0.1, 0.15) is 0 Å². The van der Waals surface area contributed by atoms with Gasteiger partial charge in [0.2, 0.25) is 0 Å². The third kappa shape index (κ3) is 4.99. The lowest BCUT2D eigenvalue weighted by Crippen LogP contribution is -2.39. The maximum atomic E-state index is 10.1. The first kappa shape index (κ1) is 11.5. The molecule has 0 saturated carbocycles. The summed E-state index contributed by atoms with van der Waals surface area (Å²) in [6, 6.07) is 0. The number of hydrogen-bond acceptors (Lipinski definition) is 5. The molecule has 15 heavy (non-hydrogen) atoms. The van der Waals surface area contributed by atoms with Crippen molar-refractivity contribution in [1.82, 2.24) is 21.2 Å². The molecule has 0 aliphatic carbocycles. The third-order valence-corrected chi connectivity index (χ3v) is 1.70. The molecule has 4 N–H and O–H groups in total. The van der Waals surface area contributed by atoms with Crippen LogP contribution in [0.2, 0.25) is 0 Å². The van der Waals surface area contributed by atoms with E-state index in [4.69, 9.17) is 5.11 Å². The minimum atomic E-state index is -1.13. The molecule has 2 heterocycles. The van der Waals surface area contributed by atoms with Gasteiger partial charge < -0.3 is 15.7 Å². The quantitative estimate of drug-likeness (QED) is 0.421. The highest BCUT2D eigenvalue weighted by Gasteiger charge is 2.06. The Morgan fingerprint density at radius 3 is 2.13 bits per heavy atom. The maximum absolute atomic E-state index is 10.1. The Morgan fingerprint density at radius 1 is 1.27 bits per heavy atom. The van der Waals surface area contributed by atoms with E-state index in [9.17, 15) is 4.79 Å². The number of rotatable bonds is 0. The maximum Gasteiger partial charge on any atom is 0.447 e. The summed E-state index contributed by atoms with van der Waals surface area (Å²) in [6.07, 6.45) is 3.32. The lowest BCUT2D eigenvalue weighted by molar-refractivity contribution is 0.132. The van der Waals surface area contributed by atoms with Crippen LogP contribution in [0.1, 0.15) is 0 Å². The highest BCUT2D eigenvalue weighted by molar-refractivity contribution is 5.74. The molecule has 7 nitrogen and oxygen atoms in total. The molecule has 0 spiro atoms. The molecule has 0 unspecified atom stereocenters. The van der Waals surface area contributed by atoms with E-state index in [2.05, 4.69) is 21.2 Å². The van der Waals surface area contributed by atoms with Gasteiger partial charge >= 0.3 is 6.09 Å². The number of piperazine rings is 1. The number of amides is 1. The molecule has 1 saturated heterocycles. The Balaban J connectivity index is 0.000000162. The topological polar surface area (TPSA) is 89.0 Å². The van der Waals surface area contributed by atoms with E-state index >= 15 is 0 Å². The monoisotopic (exact) mass is 213 g/mol. The smallest absolute Gasteiger partial charge is 0.447 e. The van der Waals surface area contributed by atoms with Crippen LogP contribution in [0.5, 0.6) is 0 Å². The molecule has 0 bridgehead atoms. The number of nitrogens with one attached hydrogen (secondary N) is 3. The first-order valence-electron chi connectivity index (χ1n) is 4.70. The summed E-state index contributed by atoms with van der Waals surface area (Å²) >= 11 is 0. The zero-order valence-corrected chi connectivity index (χ0v) is 8.31. The zero-order chi connectivity index (χ0) is 10.9. The standard InChI is InChI=1S/C4H5N3O2.C4H10N2/c8-4(9)7-5-2-1-3-6-7;1-2-6-4-3-5-1/h1-3,5H,(H,8,9);5-6H,1-4H2. The fourth-order valence-electron chi connectivity index (χ4n) is 1.00. The molecule has 84 valence electrons. The normalized spacial score (nSPS) is 18.8. The van der Waals surface area contributed by atoms with Crippen LogP contribution in [0.4, 0.5) is 4.79 Å². The van der Waals surface area contributed by atoms with E-state index in [0.717, 1.165) is 26.2 Å². The molecule has 0 aromatic rings. The molecular formula is C8H15N5O2. The van der Waals surface area contributed by atoms with Crippen LogP contribution in [0, 0.1) is 0 Å². The van der Waals surface area contributed by atoms with Gasteiger partial charge in [-0.15, -0.1) is 5.12 Å². The molecule has 0 aromatic carbocycles. The summed E-state index contributed by atoms with van der Waals surface area (Å²) in [5.41, 5.74) is 2.37. The van der Waals surface area contributed by atoms with Gasteiger partial charge in [0.25, 0.3) is 0 Å². The van der Waals surface area contributed by atoms with Gasteiger partial charge in [-0.2, -0.15) is 5.10 Å². The summed E-state index contributed by atoms with van der Waals surface area (Å²) in [4.78, 5) is 10.1. The molecule has 0 atom stereocenters. The molecule has 0 radical (unpaired) electrons. The molecule has 1 fully saturated rings. The van der Waals surface area contributed by atoms with Crippen LogP contribution in [-0.4, -0.2) is 48.7 Å². The van der Waals surface area contributed by atoms with Gasteiger partial charge in [-0.05, 0) is 6.08 Å². The fraction of sp³-hybridized carbons (Fsp3) is 0.500. The molecule has 2 rings (SSSR count). The minimum Gasteiger partial charge on any atom is -0.462 e. The van der Waals surface area contributed by atoms with Crippen LogP contribution < -0.4 is 16.1 Å². The average molecular weight is 213 g/mol. The third-order valence-electron chi connectivity index (χ3n) is 1.70. The summed E-state index contributed by atoms with van der Waals surface area (Å²) in [6.45, 7) is 4.56. The van der Waals surface area contributed by atoms with Gasteiger partial charge in [-0.3, -0.25) is 5.43 Å². The van der Waals surface area contributed by atoms with Crippen molar-refractivity contribution in [2.75, 3.05) is 26.2 Å². The van der Waals surface area contributed by atoms with Crippen molar-refractivity contribution in [2.45, 2.75) is 0 Å². The van der Waals surface area contributed by atoms with Crippen LogP contribution in [-0.2, 0) is 0 Å². The molecule has 7 heteroatoms.